The van der Waals surface area contributed by atoms with E-state index in [0.717, 1.165) is 43.4 Å². The van der Waals surface area contributed by atoms with Crippen molar-refractivity contribution in [1.29, 1.82) is 0 Å². The van der Waals surface area contributed by atoms with Crippen LogP contribution in [-0.4, -0.2) is 35.0 Å². The van der Waals surface area contributed by atoms with Crippen LogP contribution in [0.3, 0.4) is 0 Å². The standard InChI is InChI=1S/C22H29N5/c1-4-23-21(25-17-22(2,3)18-10-6-5-7-11-18)24-14-13-19-16-27-15-9-8-12-20(27)26-19/h5-12,15-16H,4,13-14,17H2,1-3H3,(H2,23,24,25). The predicted octanol–water partition coefficient (Wildman–Crippen LogP) is 3.41. The number of nitrogens with zero attached hydrogens (tertiary/aromatic N) is 3. The third-order valence-electron chi connectivity index (χ3n) is 4.62. The number of nitrogens with one attached hydrogen (secondary N) is 2. The summed E-state index contributed by atoms with van der Waals surface area (Å²) in [6, 6.07) is 16.6. The molecule has 0 amide bonds. The van der Waals surface area contributed by atoms with E-state index in [1.807, 2.05) is 30.5 Å². The molecule has 3 rings (SSSR count). The molecule has 0 aliphatic heterocycles. The molecular weight excluding hydrogens is 334 g/mol. The SMILES string of the molecule is CCNC(=NCC(C)(C)c1ccccc1)NCCc1cn2ccccc2n1. The van der Waals surface area contributed by atoms with Gasteiger partial charge in [-0.05, 0) is 24.6 Å². The van der Waals surface area contributed by atoms with E-state index in [1.165, 1.54) is 5.56 Å². The fraction of sp³-hybridized carbons (Fsp3) is 0.364. The molecule has 0 atom stereocenters. The van der Waals surface area contributed by atoms with E-state index >= 15 is 0 Å². The molecule has 2 heterocycles. The summed E-state index contributed by atoms with van der Waals surface area (Å²) in [5, 5.41) is 6.76. The Labute approximate surface area is 161 Å². The van der Waals surface area contributed by atoms with Gasteiger partial charge < -0.3 is 15.0 Å². The normalized spacial score (nSPS) is 12.3. The number of aliphatic imine (C=N–C) groups is 1. The molecule has 1 aromatic carbocycles. The molecule has 0 spiro atoms. The number of pyridine rings is 1. The van der Waals surface area contributed by atoms with Gasteiger partial charge in [-0.15, -0.1) is 0 Å². The molecule has 27 heavy (non-hydrogen) atoms. The van der Waals surface area contributed by atoms with Gasteiger partial charge in [0.2, 0.25) is 0 Å². The highest BCUT2D eigenvalue weighted by atomic mass is 15.2. The summed E-state index contributed by atoms with van der Waals surface area (Å²) < 4.78 is 2.05. The Hall–Kier alpha value is -2.82. The van der Waals surface area contributed by atoms with Crippen LogP contribution in [0.5, 0.6) is 0 Å². The molecule has 0 aliphatic rings. The van der Waals surface area contributed by atoms with Crippen LogP contribution in [0.4, 0.5) is 0 Å². The lowest BCUT2D eigenvalue weighted by Gasteiger charge is -2.23. The van der Waals surface area contributed by atoms with Crippen LogP contribution in [0.1, 0.15) is 32.0 Å². The first-order chi connectivity index (χ1) is 13.1. The minimum Gasteiger partial charge on any atom is -0.357 e. The first kappa shape index (κ1) is 19.0. The van der Waals surface area contributed by atoms with Gasteiger partial charge in [-0.3, -0.25) is 4.99 Å². The second kappa shape index (κ2) is 8.71. The van der Waals surface area contributed by atoms with Crippen molar-refractivity contribution in [3.8, 4) is 0 Å². The number of fused-ring (bicyclic) bond motifs is 1. The minimum atomic E-state index is -0.00872. The molecule has 0 saturated heterocycles. The number of hydrogen-bond acceptors (Lipinski definition) is 2. The number of hydrogen-bond donors (Lipinski definition) is 2. The van der Waals surface area contributed by atoms with Crippen molar-refractivity contribution in [2.24, 2.45) is 4.99 Å². The highest BCUT2D eigenvalue weighted by Gasteiger charge is 2.20. The van der Waals surface area contributed by atoms with Gasteiger partial charge in [0, 0.05) is 37.3 Å². The second-order valence-electron chi connectivity index (χ2n) is 7.32. The van der Waals surface area contributed by atoms with Crippen LogP contribution < -0.4 is 10.6 Å². The van der Waals surface area contributed by atoms with Crippen molar-refractivity contribution in [1.82, 2.24) is 20.0 Å². The summed E-state index contributed by atoms with van der Waals surface area (Å²) in [5.41, 5.74) is 3.35. The van der Waals surface area contributed by atoms with Crippen molar-refractivity contribution in [3.05, 3.63) is 72.2 Å². The Morgan fingerprint density at radius 2 is 1.85 bits per heavy atom. The summed E-state index contributed by atoms with van der Waals surface area (Å²) in [5.74, 6) is 0.852. The zero-order valence-corrected chi connectivity index (χ0v) is 16.4. The molecule has 0 aliphatic carbocycles. The van der Waals surface area contributed by atoms with Gasteiger partial charge in [-0.1, -0.05) is 50.2 Å². The van der Waals surface area contributed by atoms with E-state index in [4.69, 9.17) is 4.99 Å². The Bertz CT molecular complexity index is 847. The quantitative estimate of drug-likeness (QED) is 0.500. The van der Waals surface area contributed by atoms with Crippen molar-refractivity contribution in [2.45, 2.75) is 32.6 Å². The smallest absolute Gasteiger partial charge is 0.191 e. The zero-order chi connectivity index (χ0) is 19.1. The van der Waals surface area contributed by atoms with Gasteiger partial charge in [0.25, 0.3) is 0 Å². The van der Waals surface area contributed by atoms with Gasteiger partial charge >= 0.3 is 0 Å². The number of guanidine groups is 1. The molecule has 3 aromatic rings. The lowest BCUT2D eigenvalue weighted by molar-refractivity contribution is 0.537. The third-order valence-corrected chi connectivity index (χ3v) is 4.62. The summed E-state index contributed by atoms with van der Waals surface area (Å²) in [6.07, 6.45) is 4.96. The van der Waals surface area contributed by atoms with Crippen LogP contribution in [-0.2, 0) is 11.8 Å². The maximum absolute atomic E-state index is 4.80. The average Bonchev–Trinajstić information content (AvgIpc) is 3.09. The number of imidazole rings is 1. The molecule has 0 unspecified atom stereocenters. The van der Waals surface area contributed by atoms with Crippen LogP contribution in [0.15, 0.2) is 65.9 Å². The molecule has 142 valence electrons. The maximum Gasteiger partial charge on any atom is 0.191 e. The van der Waals surface area contributed by atoms with E-state index in [0.29, 0.717) is 0 Å². The van der Waals surface area contributed by atoms with Gasteiger partial charge in [0.15, 0.2) is 5.96 Å². The van der Waals surface area contributed by atoms with E-state index in [1.54, 1.807) is 0 Å². The van der Waals surface area contributed by atoms with E-state index in [-0.39, 0.29) is 5.41 Å². The highest BCUT2D eigenvalue weighted by molar-refractivity contribution is 5.79. The second-order valence-corrected chi connectivity index (χ2v) is 7.32. The fourth-order valence-electron chi connectivity index (χ4n) is 3.02. The summed E-state index contributed by atoms with van der Waals surface area (Å²) in [7, 11) is 0. The Morgan fingerprint density at radius 1 is 1.07 bits per heavy atom. The zero-order valence-electron chi connectivity index (χ0n) is 16.4. The van der Waals surface area contributed by atoms with Crippen molar-refractivity contribution >= 4 is 11.6 Å². The molecule has 0 fully saturated rings. The Balaban J connectivity index is 1.58. The monoisotopic (exact) mass is 363 g/mol. The van der Waals surface area contributed by atoms with E-state index in [9.17, 15) is 0 Å². The van der Waals surface area contributed by atoms with Gasteiger partial charge in [-0.2, -0.15) is 0 Å². The van der Waals surface area contributed by atoms with Crippen LogP contribution >= 0.6 is 0 Å². The molecule has 0 saturated carbocycles. The summed E-state index contributed by atoms with van der Waals surface area (Å²) in [4.78, 5) is 9.45. The van der Waals surface area contributed by atoms with Gasteiger partial charge in [-0.25, -0.2) is 4.98 Å². The first-order valence-corrected chi connectivity index (χ1v) is 9.59. The summed E-state index contributed by atoms with van der Waals surface area (Å²) in [6.45, 7) is 8.90. The molecule has 0 radical (unpaired) electrons. The number of rotatable bonds is 7. The minimum absolute atomic E-state index is 0.00872. The summed E-state index contributed by atoms with van der Waals surface area (Å²) >= 11 is 0. The molecule has 0 bridgehead atoms. The van der Waals surface area contributed by atoms with E-state index in [2.05, 4.69) is 71.3 Å². The van der Waals surface area contributed by atoms with Crippen LogP contribution in [0.2, 0.25) is 0 Å². The van der Waals surface area contributed by atoms with E-state index < -0.39 is 0 Å². The highest BCUT2D eigenvalue weighted by Crippen LogP contribution is 2.22. The molecule has 5 nitrogen and oxygen atoms in total. The van der Waals surface area contributed by atoms with Crippen LogP contribution in [0, 0.1) is 0 Å². The maximum atomic E-state index is 4.80. The van der Waals surface area contributed by atoms with Gasteiger partial charge in [0.1, 0.15) is 5.65 Å². The van der Waals surface area contributed by atoms with Crippen LogP contribution in [0.25, 0.3) is 5.65 Å². The largest absolute Gasteiger partial charge is 0.357 e. The first-order valence-electron chi connectivity index (χ1n) is 9.59. The lowest BCUT2D eigenvalue weighted by Crippen LogP contribution is -2.39. The molecule has 2 N–H and O–H groups in total. The average molecular weight is 364 g/mol. The Morgan fingerprint density at radius 3 is 2.59 bits per heavy atom. The van der Waals surface area contributed by atoms with Crippen molar-refractivity contribution < 1.29 is 0 Å². The fourth-order valence-corrected chi connectivity index (χ4v) is 3.02. The third kappa shape index (κ3) is 5.09. The number of benzene rings is 1. The van der Waals surface area contributed by atoms with Crippen molar-refractivity contribution in [2.75, 3.05) is 19.6 Å². The topological polar surface area (TPSA) is 53.7 Å². The lowest BCUT2D eigenvalue weighted by atomic mass is 9.85. The number of aromatic nitrogens is 2. The Kier molecular flexibility index (Phi) is 6.12. The molecular formula is C22H29N5. The molecule has 5 heteroatoms. The van der Waals surface area contributed by atoms with Crippen molar-refractivity contribution in [3.63, 3.8) is 0 Å². The predicted molar refractivity (Wildman–Crippen MR) is 112 cm³/mol. The molecule has 2 aromatic heterocycles. The van der Waals surface area contributed by atoms with Gasteiger partial charge in [0.05, 0.1) is 12.2 Å².